The fourth-order valence-electron chi connectivity index (χ4n) is 3.72. The minimum absolute atomic E-state index is 0.183. The highest BCUT2D eigenvalue weighted by molar-refractivity contribution is 5.67. The molecule has 0 saturated heterocycles. The molecule has 0 fully saturated rings. The van der Waals surface area contributed by atoms with Crippen LogP contribution in [0.25, 0.3) is 22.5 Å². The van der Waals surface area contributed by atoms with Gasteiger partial charge in [-0.3, -0.25) is 0 Å². The molecule has 0 bridgehead atoms. The van der Waals surface area contributed by atoms with Crippen molar-refractivity contribution in [2.45, 2.75) is 45.9 Å². The maximum atomic E-state index is 12.4. The van der Waals surface area contributed by atoms with Crippen molar-refractivity contribution >= 4 is 0 Å². The van der Waals surface area contributed by atoms with Gasteiger partial charge in [-0.25, -0.2) is 0 Å². The topological polar surface area (TPSA) is 18.0 Å². The SMILES string of the molecule is Cc1ccc(-c2cc(-c3ccc(OC(F)F)cc3)[n+]3n2CCCCC3)cc1. The zero-order valence-electron chi connectivity index (χ0n) is 15.4. The van der Waals surface area contributed by atoms with E-state index in [1.54, 1.807) is 12.1 Å². The third-order valence-electron chi connectivity index (χ3n) is 5.08. The fourth-order valence-corrected chi connectivity index (χ4v) is 3.72. The molecule has 1 aromatic heterocycles. The Morgan fingerprint density at radius 2 is 1.63 bits per heavy atom. The number of rotatable bonds is 4. The summed E-state index contributed by atoms with van der Waals surface area (Å²) in [6.07, 6.45) is 3.51. The van der Waals surface area contributed by atoms with Crippen LogP contribution in [0.15, 0.2) is 54.6 Å². The van der Waals surface area contributed by atoms with E-state index in [4.69, 9.17) is 0 Å². The molecule has 5 heteroatoms. The van der Waals surface area contributed by atoms with Crippen LogP contribution in [0.5, 0.6) is 5.75 Å². The zero-order chi connectivity index (χ0) is 18.8. The largest absolute Gasteiger partial charge is 0.435 e. The summed E-state index contributed by atoms with van der Waals surface area (Å²) >= 11 is 0. The number of hydrogen-bond acceptors (Lipinski definition) is 1. The molecule has 0 spiro atoms. The van der Waals surface area contributed by atoms with E-state index in [-0.39, 0.29) is 5.75 Å². The summed E-state index contributed by atoms with van der Waals surface area (Å²) in [6.45, 7) is 1.22. The molecule has 0 amide bonds. The molecule has 2 aromatic carbocycles. The Morgan fingerprint density at radius 3 is 2.33 bits per heavy atom. The lowest BCUT2D eigenvalue weighted by Crippen LogP contribution is -2.43. The van der Waals surface area contributed by atoms with Crippen molar-refractivity contribution < 1.29 is 18.2 Å². The molecule has 4 rings (SSSR count). The second-order valence-corrected chi connectivity index (χ2v) is 6.99. The normalized spacial score (nSPS) is 14.1. The van der Waals surface area contributed by atoms with E-state index in [1.807, 2.05) is 12.1 Å². The molecular weight excluding hydrogens is 346 g/mol. The summed E-state index contributed by atoms with van der Waals surface area (Å²) in [5, 5.41) is 0. The summed E-state index contributed by atoms with van der Waals surface area (Å²) < 4.78 is 34.0. The van der Waals surface area contributed by atoms with Crippen LogP contribution < -0.4 is 9.42 Å². The van der Waals surface area contributed by atoms with Gasteiger partial charge >= 0.3 is 6.61 Å². The average Bonchev–Trinajstić information content (AvgIpc) is 2.84. The molecule has 1 aliphatic rings. The molecule has 0 atom stereocenters. The number of fused-ring (bicyclic) bond motifs is 1. The van der Waals surface area contributed by atoms with Gasteiger partial charge in [0.1, 0.15) is 11.4 Å². The number of hydrogen-bond donors (Lipinski definition) is 0. The van der Waals surface area contributed by atoms with Crippen LogP contribution in [0, 0.1) is 6.92 Å². The summed E-state index contributed by atoms with van der Waals surface area (Å²) in [6, 6.07) is 17.7. The summed E-state index contributed by atoms with van der Waals surface area (Å²) in [5.41, 5.74) is 5.74. The van der Waals surface area contributed by atoms with Gasteiger partial charge in [0.05, 0.1) is 6.54 Å². The Kier molecular flexibility index (Phi) is 4.92. The molecule has 3 aromatic rings. The minimum Gasteiger partial charge on any atom is -0.435 e. The molecule has 27 heavy (non-hydrogen) atoms. The first-order chi connectivity index (χ1) is 13.1. The number of halogens is 2. The number of benzene rings is 2. The van der Waals surface area contributed by atoms with Crippen molar-refractivity contribution in [3.8, 4) is 28.3 Å². The van der Waals surface area contributed by atoms with Gasteiger partial charge in [-0.05, 0) is 44.0 Å². The van der Waals surface area contributed by atoms with Gasteiger partial charge in [0.15, 0.2) is 6.54 Å². The minimum atomic E-state index is -2.80. The quantitative estimate of drug-likeness (QED) is 0.578. The Morgan fingerprint density at radius 1 is 0.926 bits per heavy atom. The van der Waals surface area contributed by atoms with E-state index in [0.29, 0.717) is 0 Å². The van der Waals surface area contributed by atoms with E-state index in [1.165, 1.54) is 23.2 Å². The predicted octanol–water partition coefficient (Wildman–Crippen LogP) is 5.20. The van der Waals surface area contributed by atoms with Crippen LogP contribution in [0.4, 0.5) is 8.78 Å². The van der Waals surface area contributed by atoms with E-state index in [2.05, 4.69) is 51.4 Å². The van der Waals surface area contributed by atoms with E-state index >= 15 is 0 Å². The van der Waals surface area contributed by atoms with Gasteiger partial charge in [-0.1, -0.05) is 29.8 Å². The van der Waals surface area contributed by atoms with Crippen LogP contribution in [0.1, 0.15) is 24.8 Å². The lowest BCUT2D eigenvalue weighted by molar-refractivity contribution is -0.763. The van der Waals surface area contributed by atoms with Gasteiger partial charge < -0.3 is 4.74 Å². The number of ether oxygens (including phenoxy) is 1. The van der Waals surface area contributed by atoms with Gasteiger partial charge in [0.2, 0.25) is 5.69 Å². The first-order valence-electron chi connectivity index (χ1n) is 9.38. The number of aryl methyl sites for hydroxylation is 1. The predicted molar refractivity (Wildman–Crippen MR) is 101 cm³/mol. The monoisotopic (exact) mass is 369 g/mol. The summed E-state index contributed by atoms with van der Waals surface area (Å²) in [7, 11) is 0. The lowest BCUT2D eigenvalue weighted by atomic mass is 10.1. The van der Waals surface area contributed by atoms with Crippen LogP contribution in [0.2, 0.25) is 0 Å². The molecular formula is C22H23F2N2O+. The molecule has 3 nitrogen and oxygen atoms in total. The molecule has 2 heterocycles. The summed E-state index contributed by atoms with van der Waals surface area (Å²) in [5.74, 6) is 0.183. The van der Waals surface area contributed by atoms with E-state index < -0.39 is 6.61 Å². The van der Waals surface area contributed by atoms with Crippen LogP contribution in [-0.2, 0) is 13.1 Å². The van der Waals surface area contributed by atoms with Crippen molar-refractivity contribution in [1.82, 2.24) is 4.68 Å². The number of alkyl halides is 2. The fraction of sp³-hybridized carbons (Fsp3) is 0.318. The van der Waals surface area contributed by atoms with Crippen LogP contribution in [0.3, 0.4) is 0 Å². The second-order valence-electron chi connectivity index (χ2n) is 6.99. The van der Waals surface area contributed by atoms with Crippen molar-refractivity contribution in [3.05, 3.63) is 60.2 Å². The average molecular weight is 369 g/mol. The Balaban J connectivity index is 1.77. The van der Waals surface area contributed by atoms with Crippen molar-refractivity contribution in [3.63, 3.8) is 0 Å². The lowest BCUT2D eigenvalue weighted by Gasteiger charge is -2.06. The molecule has 0 aliphatic carbocycles. The van der Waals surface area contributed by atoms with Gasteiger partial charge in [-0.2, -0.15) is 13.5 Å². The smallest absolute Gasteiger partial charge is 0.387 e. The summed E-state index contributed by atoms with van der Waals surface area (Å²) in [4.78, 5) is 0. The Hall–Kier alpha value is -2.69. The first kappa shape index (κ1) is 17.7. The maximum Gasteiger partial charge on any atom is 0.387 e. The van der Waals surface area contributed by atoms with Gasteiger partial charge in [-0.15, -0.1) is 4.68 Å². The highest BCUT2D eigenvalue weighted by atomic mass is 19.3. The van der Waals surface area contributed by atoms with E-state index in [9.17, 15) is 8.78 Å². The van der Waals surface area contributed by atoms with Crippen molar-refractivity contribution in [2.24, 2.45) is 0 Å². The van der Waals surface area contributed by atoms with Crippen LogP contribution >= 0.6 is 0 Å². The first-order valence-corrected chi connectivity index (χ1v) is 9.38. The highest BCUT2D eigenvalue weighted by Crippen LogP contribution is 2.28. The number of nitrogens with zero attached hydrogens (tertiary/aromatic N) is 2. The van der Waals surface area contributed by atoms with E-state index in [0.717, 1.165) is 37.2 Å². The standard InChI is InChI=1S/C22H23F2N2O/c1-16-5-7-17(8-6-16)20-15-21(26-14-4-2-3-13-25(20)26)18-9-11-19(12-10-18)27-22(23)24/h5-12,15,22H,2-4,13-14H2,1H3/q+1. The highest BCUT2D eigenvalue weighted by Gasteiger charge is 2.26. The van der Waals surface area contributed by atoms with Crippen LogP contribution in [-0.4, -0.2) is 11.3 Å². The van der Waals surface area contributed by atoms with Crippen molar-refractivity contribution in [2.75, 3.05) is 0 Å². The Bertz CT molecular complexity index is 915. The van der Waals surface area contributed by atoms with Gasteiger partial charge in [0.25, 0.3) is 0 Å². The molecule has 0 unspecified atom stereocenters. The molecule has 140 valence electrons. The second kappa shape index (κ2) is 7.51. The maximum absolute atomic E-state index is 12.4. The van der Waals surface area contributed by atoms with Crippen molar-refractivity contribution in [1.29, 1.82) is 0 Å². The molecule has 0 radical (unpaired) electrons. The molecule has 0 saturated carbocycles. The zero-order valence-corrected chi connectivity index (χ0v) is 15.4. The molecule has 1 aliphatic heterocycles. The molecule has 0 N–H and O–H groups in total. The third kappa shape index (κ3) is 3.72. The number of aromatic nitrogens is 2. The Labute approximate surface area is 157 Å². The third-order valence-corrected chi connectivity index (χ3v) is 5.08. The van der Waals surface area contributed by atoms with Gasteiger partial charge in [0, 0.05) is 23.6 Å².